The van der Waals surface area contributed by atoms with Crippen molar-refractivity contribution in [3.05, 3.63) is 376 Å². The second-order valence-electron chi connectivity index (χ2n) is 27.0. The highest BCUT2D eigenvalue weighted by Gasteiger charge is 2.21. The highest BCUT2D eigenvalue weighted by molar-refractivity contribution is 7.27. The van der Waals surface area contributed by atoms with Crippen molar-refractivity contribution in [1.82, 2.24) is 9.97 Å². The Balaban J connectivity index is 0.000000139. The standard InChI is InChI=1S/C53H33NS.C47H29NS/c1-2-10-34(11-3-1)35-20-24-39(25-21-35)51-43-14-6-8-16-45(43)52(46-17-9-7-15-44(46)51)41-27-30-49(54-33-41)38-22-18-36(19-23-38)40-28-31-50-48(32-40)47-29-26-37-12-4-5-13-42(37)53(47)55-50;1-2-11-30(12-3-1)31-21-23-32(24-22-31)45-36-15-6-8-17-38(36)46(39-18-9-7-16-37(39)45)35-25-26-43(48-29-35)41-20-10-19-40-42-27-33-13-4-5-14-34(33)28-44(42)49-47(40)41/h1-33H;1-29H. The molecule has 0 saturated carbocycles. The van der Waals surface area contributed by atoms with E-state index >= 15 is 0 Å². The van der Waals surface area contributed by atoms with Crippen molar-refractivity contribution < 1.29 is 0 Å². The van der Waals surface area contributed by atoms with E-state index in [0.29, 0.717) is 0 Å². The molecule has 21 rings (SSSR count). The van der Waals surface area contributed by atoms with Crippen LogP contribution in [-0.4, -0.2) is 9.97 Å². The van der Waals surface area contributed by atoms with Crippen LogP contribution in [0.15, 0.2) is 376 Å². The first-order valence-corrected chi connectivity index (χ1v) is 37.1. The van der Waals surface area contributed by atoms with Gasteiger partial charge in [-0.1, -0.05) is 328 Å². The molecule has 484 valence electrons. The van der Waals surface area contributed by atoms with Crippen molar-refractivity contribution in [1.29, 1.82) is 0 Å². The molecule has 17 aromatic carbocycles. The first-order valence-electron chi connectivity index (χ1n) is 35.5. The van der Waals surface area contributed by atoms with E-state index in [1.165, 1.54) is 177 Å². The lowest BCUT2D eigenvalue weighted by Gasteiger charge is -2.18. The lowest BCUT2D eigenvalue weighted by atomic mass is 9.86. The fourth-order valence-corrected chi connectivity index (χ4v) is 18.5. The van der Waals surface area contributed by atoms with Gasteiger partial charge in [0.1, 0.15) is 0 Å². The van der Waals surface area contributed by atoms with Gasteiger partial charge < -0.3 is 0 Å². The van der Waals surface area contributed by atoms with Crippen LogP contribution in [0, 0.1) is 0 Å². The zero-order chi connectivity index (χ0) is 68.6. The number of nitrogens with zero attached hydrogens (tertiary/aromatic N) is 2. The molecule has 0 unspecified atom stereocenters. The molecule has 0 bridgehead atoms. The summed E-state index contributed by atoms with van der Waals surface area (Å²) >= 11 is 3.75. The average molecular weight is 1360 g/mol. The number of hydrogen-bond acceptors (Lipinski definition) is 4. The minimum atomic E-state index is 0.963. The molecular weight excluding hydrogens is 1290 g/mol. The maximum absolute atomic E-state index is 5.14. The zero-order valence-electron chi connectivity index (χ0n) is 56.5. The molecule has 0 N–H and O–H groups in total. The molecule has 2 nitrogen and oxygen atoms in total. The fraction of sp³-hybridized carbons (Fsp3) is 0. The molecule has 4 aromatic heterocycles. The Hall–Kier alpha value is -13.0. The van der Waals surface area contributed by atoms with Crippen molar-refractivity contribution >= 4 is 128 Å². The van der Waals surface area contributed by atoms with Crippen molar-refractivity contribution in [3.63, 3.8) is 0 Å². The monoisotopic (exact) mass is 1350 g/mol. The van der Waals surface area contributed by atoms with Gasteiger partial charge in [-0.05, 0) is 168 Å². The van der Waals surface area contributed by atoms with E-state index in [2.05, 4.69) is 370 Å². The summed E-state index contributed by atoms with van der Waals surface area (Å²) in [5.41, 5.74) is 21.2. The van der Waals surface area contributed by atoms with Crippen LogP contribution in [0.25, 0.3) is 205 Å². The van der Waals surface area contributed by atoms with E-state index in [1.807, 2.05) is 28.9 Å². The van der Waals surface area contributed by atoms with Gasteiger partial charge in [0.25, 0.3) is 0 Å². The number of aromatic nitrogens is 2. The molecule has 0 amide bonds. The predicted molar refractivity (Wildman–Crippen MR) is 448 cm³/mol. The van der Waals surface area contributed by atoms with E-state index in [0.717, 1.165) is 28.1 Å². The van der Waals surface area contributed by atoms with Gasteiger partial charge in [-0.3, -0.25) is 9.97 Å². The smallest absolute Gasteiger partial charge is 0.0716 e. The molecule has 4 heterocycles. The molecular formula is C100H62N2S2. The van der Waals surface area contributed by atoms with E-state index in [-0.39, 0.29) is 0 Å². The van der Waals surface area contributed by atoms with Crippen molar-refractivity contribution in [2.24, 2.45) is 0 Å². The van der Waals surface area contributed by atoms with Crippen molar-refractivity contribution in [2.45, 2.75) is 0 Å². The number of benzene rings is 17. The van der Waals surface area contributed by atoms with Crippen LogP contribution in [0.3, 0.4) is 0 Å². The van der Waals surface area contributed by atoms with Crippen LogP contribution in [-0.2, 0) is 0 Å². The van der Waals surface area contributed by atoms with Crippen LogP contribution in [0.1, 0.15) is 0 Å². The summed E-state index contributed by atoms with van der Waals surface area (Å²) in [6.45, 7) is 0. The Kier molecular flexibility index (Phi) is 15.0. The molecule has 0 aliphatic carbocycles. The molecule has 0 aliphatic rings. The molecule has 0 saturated heterocycles. The topological polar surface area (TPSA) is 25.8 Å². The van der Waals surface area contributed by atoms with Crippen molar-refractivity contribution in [3.8, 4) is 100 Å². The normalized spacial score (nSPS) is 11.7. The molecule has 0 spiro atoms. The lowest BCUT2D eigenvalue weighted by Crippen LogP contribution is -1.92. The summed E-state index contributed by atoms with van der Waals surface area (Å²) in [4.78, 5) is 10.2. The molecule has 0 atom stereocenters. The first-order chi connectivity index (χ1) is 51.6. The van der Waals surface area contributed by atoms with Crippen LogP contribution < -0.4 is 0 Å². The Morgan fingerprint density at radius 2 is 0.529 bits per heavy atom. The van der Waals surface area contributed by atoms with E-state index in [1.54, 1.807) is 0 Å². The summed E-state index contributed by atoms with van der Waals surface area (Å²) in [5.74, 6) is 0. The first kappa shape index (κ1) is 61.0. The Morgan fingerprint density at radius 1 is 0.173 bits per heavy atom. The van der Waals surface area contributed by atoms with Crippen LogP contribution in [0.2, 0.25) is 0 Å². The van der Waals surface area contributed by atoms with Gasteiger partial charge in [-0.2, -0.15) is 0 Å². The minimum absolute atomic E-state index is 0.963. The number of rotatable bonds is 9. The number of pyridine rings is 2. The van der Waals surface area contributed by atoms with Gasteiger partial charge in [0.2, 0.25) is 0 Å². The molecule has 104 heavy (non-hydrogen) atoms. The molecule has 21 aromatic rings. The third-order valence-electron chi connectivity index (χ3n) is 21.0. The zero-order valence-corrected chi connectivity index (χ0v) is 58.1. The van der Waals surface area contributed by atoms with Gasteiger partial charge in [0.15, 0.2) is 0 Å². The van der Waals surface area contributed by atoms with E-state index < -0.39 is 0 Å². The Morgan fingerprint density at radius 3 is 1.03 bits per heavy atom. The Labute approximate surface area is 610 Å². The maximum Gasteiger partial charge on any atom is 0.0716 e. The molecule has 0 radical (unpaired) electrons. The Bertz CT molecular complexity index is 6780. The van der Waals surface area contributed by atoms with Gasteiger partial charge >= 0.3 is 0 Å². The predicted octanol–water partition coefficient (Wildman–Crippen LogP) is 28.8. The van der Waals surface area contributed by atoms with Crippen LogP contribution in [0.4, 0.5) is 0 Å². The van der Waals surface area contributed by atoms with Crippen LogP contribution >= 0.6 is 22.7 Å². The quantitative estimate of drug-likeness (QED) is 0.135. The van der Waals surface area contributed by atoms with Gasteiger partial charge in [0.05, 0.1) is 11.4 Å². The number of fused-ring (bicyclic) bond motifs is 13. The molecule has 0 fully saturated rings. The SMILES string of the molecule is c1ccc(-c2ccc(-c3c4ccccc4c(-c4ccc(-c5ccc(-c6ccc7sc8c9ccccc9ccc8c7c6)cc5)nc4)c4ccccc34)cc2)cc1.c1ccc(-c2ccc(-c3c4ccccc4c(-c4ccc(-c5cccc6c5sc5cc7ccccc7cc56)nc4)c4ccccc34)cc2)cc1. The lowest BCUT2D eigenvalue weighted by molar-refractivity contribution is 1.33. The highest BCUT2D eigenvalue weighted by Crippen LogP contribution is 2.48. The van der Waals surface area contributed by atoms with Gasteiger partial charge in [-0.15, -0.1) is 22.7 Å². The fourth-order valence-electron chi connectivity index (χ4n) is 16.0. The molecule has 0 aliphatic heterocycles. The van der Waals surface area contributed by atoms with E-state index in [4.69, 9.17) is 9.97 Å². The summed E-state index contributed by atoms with van der Waals surface area (Å²) in [6, 6.07) is 132. The summed E-state index contributed by atoms with van der Waals surface area (Å²) in [7, 11) is 0. The number of hydrogen-bond donors (Lipinski definition) is 0. The minimum Gasteiger partial charge on any atom is -0.256 e. The third kappa shape index (κ3) is 10.6. The maximum atomic E-state index is 5.14. The second kappa shape index (κ2) is 25.6. The van der Waals surface area contributed by atoms with Gasteiger partial charge in [-0.25, -0.2) is 0 Å². The highest BCUT2D eigenvalue weighted by atomic mass is 32.1. The average Bonchev–Trinajstić information content (AvgIpc) is 1.11. The summed E-state index contributed by atoms with van der Waals surface area (Å²) in [6.07, 6.45) is 4.11. The molecule has 4 heteroatoms. The van der Waals surface area contributed by atoms with Crippen LogP contribution in [0.5, 0.6) is 0 Å². The van der Waals surface area contributed by atoms with Crippen molar-refractivity contribution in [2.75, 3.05) is 0 Å². The largest absolute Gasteiger partial charge is 0.256 e. The summed E-state index contributed by atoms with van der Waals surface area (Å²) < 4.78 is 5.28. The summed E-state index contributed by atoms with van der Waals surface area (Å²) in [5, 5.41) is 20.3. The van der Waals surface area contributed by atoms with E-state index in [9.17, 15) is 0 Å². The number of thiophene rings is 2. The second-order valence-corrected chi connectivity index (χ2v) is 29.1. The third-order valence-corrected chi connectivity index (χ3v) is 23.5. The van der Waals surface area contributed by atoms with Gasteiger partial charge in [0, 0.05) is 75.0 Å².